The third kappa shape index (κ3) is 9.94. The molecule has 1 aliphatic rings. The third-order valence-electron chi connectivity index (χ3n) is 7.87. The Morgan fingerprint density at radius 3 is 2.59 bits per heavy atom. The summed E-state index contributed by atoms with van der Waals surface area (Å²) in [6.45, 7) is 6.28. The summed E-state index contributed by atoms with van der Waals surface area (Å²) in [5, 5.41) is 6.26. The summed E-state index contributed by atoms with van der Waals surface area (Å²) in [4.78, 5) is 11.2. The smallest absolute Gasteiger partial charge is 0.216 e. The highest BCUT2D eigenvalue weighted by molar-refractivity contribution is 5.72. The molecule has 3 aromatic rings. The second-order valence-electron chi connectivity index (χ2n) is 11.0. The van der Waals surface area contributed by atoms with Crippen LogP contribution in [0.25, 0.3) is 0 Å². The van der Waals surface area contributed by atoms with Crippen molar-refractivity contribution in [2.45, 2.75) is 44.8 Å². The normalized spacial score (nSPS) is 16.5. The van der Waals surface area contributed by atoms with Gasteiger partial charge in [-0.15, -0.1) is 0 Å². The van der Waals surface area contributed by atoms with E-state index < -0.39 is 5.82 Å². The summed E-state index contributed by atoms with van der Waals surface area (Å²) in [7, 11) is 3.68. The molecule has 0 spiro atoms. The van der Waals surface area contributed by atoms with Crippen LogP contribution in [0.15, 0.2) is 66.7 Å². The molecule has 2 N–H and O–H groups in total. The Balaban J connectivity index is 1.22. The predicted molar refractivity (Wildman–Crippen MR) is 169 cm³/mol. The topological polar surface area (TPSA) is 80.8 Å². The molecule has 0 aromatic heterocycles. The van der Waals surface area contributed by atoms with Gasteiger partial charge in [-0.1, -0.05) is 42.5 Å². The number of hydrogen-bond acceptors (Lipinski definition) is 6. The molecule has 1 amide bonds. The number of piperidine rings is 1. The molecule has 1 heterocycles. The molecule has 1 aliphatic heterocycles. The Labute approximate surface area is 260 Å². The lowest BCUT2D eigenvalue weighted by Crippen LogP contribution is -2.46. The van der Waals surface area contributed by atoms with Crippen molar-refractivity contribution in [3.05, 3.63) is 89.2 Å². The van der Waals surface area contributed by atoms with Gasteiger partial charge in [-0.25, -0.2) is 4.39 Å². The molecular formula is C35H46FN2O6+. The molecule has 4 rings (SSSR count). The molecule has 0 saturated carbocycles. The van der Waals surface area contributed by atoms with Gasteiger partial charge in [0.1, 0.15) is 18.6 Å². The second kappa shape index (κ2) is 17.6. The van der Waals surface area contributed by atoms with Crippen molar-refractivity contribution >= 4 is 5.91 Å². The van der Waals surface area contributed by atoms with Crippen LogP contribution in [-0.2, 0) is 26.9 Å². The minimum Gasteiger partial charge on any atom is -0.496 e. The Morgan fingerprint density at radius 2 is 1.80 bits per heavy atom. The van der Waals surface area contributed by atoms with Crippen molar-refractivity contribution < 1.29 is 32.5 Å². The van der Waals surface area contributed by atoms with Crippen molar-refractivity contribution in [1.29, 1.82) is 0 Å². The van der Waals surface area contributed by atoms with Gasteiger partial charge in [0.2, 0.25) is 5.91 Å². The Bertz CT molecular complexity index is 1300. The molecule has 0 unspecified atom stereocenters. The number of rotatable bonds is 17. The van der Waals surface area contributed by atoms with E-state index in [0.29, 0.717) is 51.9 Å². The fraction of sp³-hybridized carbons (Fsp3) is 0.457. The highest BCUT2D eigenvalue weighted by atomic mass is 19.1. The third-order valence-corrected chi connectivity index (χ3v) is 7.87. The minimum absolute atomic E-state index is 0.109. The van der Waals surface area contributed by atoms with E-state index in [1.54, 1.807) is 13.2 Å². The number of carbonyl (C=O) groups excluding carboxylic acids is 1. The van der Waals surface area contributed by atoms with Gasteiger partial charge in [-0.3, -0.25) is 4.79 Å². The quantitative estimate of drug-likeness (QED) is 0.162. The van der Waals surface area contributed by atoms with E-state index in [1.165, 1.54) is 18.6 Å². The number of carbonyl (C=O) groups is 1. The number of halogens is 1. The van der Waals surface area contributed by atoms with Crippen LogP contribution in [0.5, 0.6) is 17.2 Å². The lowest BCUT2D eigenvalue weighted by molar-refractivity contribution is -0.176. The van der Waals surface area contributed by atoms with Crippen LogP contribution >= 0.6 is 0 Å². The van der Waals surface area contributed by atoms with E-state index >= 15 is 0 Å². The van der Waals surface area contributed by atoms with Gasteiger partial charge in [0.25, 0.3) is 0 Å². The number of nitrogens with one attached hydrogen (secondary N) is 2. The molecule has 44 heavy (non-hydrogen) atoms. The fourth-order valence-corrected chi connectivity index (χ4v) is 5.51. The molecule has 238 valence electrons. The number of para-hydroxylation sites is 2. The monoisotopic (exact) mass is 609 g/mol. The summed E-state index contributed by atoms with van der Waals surface area (Å²) in [5.74, 6) is 1.76. The largest absolute Gasteiger partial charge is 0.496 e. The van der Waals surface area contributed by atoms with Crippen LogP contribution in [0.3, 0.4) is 0 Å². The lowest BCUT2D eigenvalue weighted by atomic mass is 9.87. The Kier molecular flexibility index (Phi) is 13.3. The first-order valence-electron chi connectivity index (χ1n) is 15.4. The predicted octanol–water partition coefficient (Wildman–Crippen LogP) is 5.21. The van der Waals surface area contributed by atoms with Crippen LogP contribution in [-0.4, -0.2) is 72.3 Å². The van der Waals surface area contributed by atoms with Crippen LogP contribution in [0.1, 0.15) is 42.4 Å². The van der Waals surface area contributed by atoms with Crippen LogP contribution in [0.4, 0.5) is 4.39 Å². The van der Waals surface area contributed by atoms with Gasteiger partial charge in [-0.2, -0.15) is 0 Å². The van der Waals surface area contributed by atoms with E-state index in [2.05, 4.69) is 27.1 Å². The maximum absolute atomic E-state index is 14.6. The summed E-state index contributed by atoms with van der Waals surface area (Å²) in [6.07, 6.45) is 2.49. The number of benzene rings is 3. The minimum atomic E-state index is -0.391. The zero-order chi connectivity index (χ0) is 31.1. The first kappa shape index (κ1) is 33.2. The van der Waals surface area contributed by atoms with Crippen molar-refractivity contribution in [2.75, 3.05) is 60.3 Å². The molecule has 8 nitrogen and oxygen atoms in total. The molecule has 3 aromatic carbocycles. The zero-order valence-electron chi connectivity index (χ0n) is 26.1. The van der Waals surface area contributed by atoms with Crippen molar-refractivity contribution in [2.24, 2.45) is 0 Å². The summed E-state index contributed by atoms with van der Waals surface area (Å²) >= 11 is 0. The summed E-state index contributed by atoms with van der Waals surface area (Å²) in [5.41, 5.74) is 3.04. The number of methoxy groups -OCH3 is 1. The average Bonchev–Trinajstić information content (AvgIpc) is 3.04. The Hall–Kier alpha value is -3.66. The number of amides is 1. The van der Waals surface area contributed by atoms with Crippen molar-refractivity contribution in [3.8, 4) is 17.2 Å². The van der Waals surface area contributed by atoms with E-state index in [4.69, 9.17) is 18.9 Å². The van der Waals surface area contributed by atoms with Crippen LogP contribution in [0.2, 0.25) is 0 Å². The van der Waals surface area contributed by atoms with E-state index in [-0.39, 0.29) is 17.8 Å². The van der Waals surface area contributed by atoms with E-state index in [1.807, 2.05) is 49.6 Å². The zero-order valence-corrected chi connectivity index (χ0v) is 26.1. The molecule has 9 heteroatoms. The van der Waals surface area contributed by atoms with E-state index in [0.717, 1.165) is 48.6 Å². The summed E-state index contributed by atoms with van der Waals surface area (Å²) in [6, 6.07) is 21.2. The van der Waals surface area contributed by atoms with Crippen LogP contribution in [0, 0.1) is 5.82 Å². The maximum Gasteiger partial charge on any atom is 0.216 e. The second-order valence-corrected chi connectivity index (χ2v) is 11.0. The molecule has 0 bridgehead atoms. The van der Waals surface area contributed by atoms with Gasteiger partial charge in [0.05, 0.1) is 39.4 Å². The summed E-state index contributed by atoms with van der Waals surface area (Å²) < 4.78 is 40.9. The van der Waals surface area contributed by atoms with Crippen LogP contribution < -0.4 is 24.8 Å². The van der Waals surface area contributed by atoms with Gasteiger partial charge in [0.15, 0.2) is 30.9 Å². The molecule has 2 atom stereocenters. The Morgan fingerprint density at radius 1 is 1.00 bits per heavy atom. The van der Waals surface area contributed by atoms with Gasteiger partial charge in [0, 0.05) is 25.5 Å². The highest BCUT2D eigenvalue weighted by Crippen LogP contribution is 2.32. The fourth-order valence-electron chi connectivity index (χ4n) is 5.51. The van der Waals surface area contributed by atoms with Gasteiger partial charge < -0.3 is 33.9 Å². The van der Waals surface area contributed by atoms with Gasteiger partial charge in [-0.05, 0) is 54.8 Å². The standard InChI is InChI=1S/C35H45FN2O6/c1-26(39)38-19-16-28-9-6-10-32(36)35(28)43-22-23-44(3)34-24-37-18-17-31(34)27-12-14-30(15-13-27)42-21-7-20-41-25-29-8-4-5-11-33(29)40-2/h4-6,8-15,31,34,37H,7,16-25H2,1-3H3/p+1/t31-,34-/m1/s1. The first-order valence-corrected chi connectivity index (χ1v) is 15.4. The molecule has 0 aliphatic carbocycles. The van der Waals surface area contributed by atoms with Crippen molar-refractivity contribution in [3.63, 3.8) is 0 Å². The molecule has 0 radical (unpaired) electrons. The average molecular weight is 610 g/mol. The van der Waals surface area contributed by atoms with Crippen molar-refractivity contribution in [1.82, 2.24) is 10.6 Å². The lowest BCUT2D eigenvalue weighted by Gasteiger charge is -2.35. The molecular weight excluding hydrogens is 563 g/mol. The van der Waals surface area contributed by atoms with Gasteiger partial charge >= 0.3 is 0 Å². The van der Waals surface area contributed by atoms with E-state index in [9.17, 15) is 9.18 Å². The first-order chi connectivity index (χ1) is 21.5. The maximum atomic E-state index is 14.6. The number of hydrogen-bond donors (Lipinski definition) is 2. The highest BCUT2D eigenvalue weighted by Gasteiger charge is 2.34. The number of ether oxygens (including phenoxy) is 4. The SMILES string of the molecule is COc1ccccc1COCCCOc1ccc([C@H]2CCNC[C@H]2[O+](C)CCOc2c(F)cccc2CCNC(C)=O)cc1. The molecule has 1 saturated heterocycles. The molecule has 1 fully saturated rings.